The van der Waals surface area contributed by atoms with Crippen molar-refractivity contribution in [3.63, 3.8) is 0 Å². The highest BCUT2D eigenvalue weighted by Gasteiger charge is 2.24. The number of nitrogens with zero attached hydrogens (tertiary/aromatic N) is 2. The summed E-state index contributed by atoms with van der Waals surface area (Å²) in [4.78, 5) is 0. The molecule has 0 radical (unpaired) electrons. The lowest BCUT2D eigenvalue weighted by Crippen LogP contribution is -1.86. The van der Waals surface area contributed by atoms with E-state index in [9.17, 15) is 0 Å². The summed E-state index contributed by atoms with van der Waals surface area (Å²) in [7, 11) is 0. The molecule has 0 spiro atoms. The maximum atomic E-state index is 4.91. The van der Waals surface area contributed by atoms with Crippen LogP contribution in [0.4, 0.5) is 11.4 Å². The van der Waals surface area contributed by atoms with Crippen molar-refractivity contribution >= 4 is 11.4 Å². The van der Waals surface area contributed by atoms with Crippen molar-refractivity contribution in [2.75, 3.05) is 0 Å². The van der Waals surface area contributed by atoms with E-state index in [0.29, 0.717) is 0 Å². The zero-order valence-corrected chi connectivity index (χ0v) is 19.1. The molecule has 0 fully saturated rings. The highest BCUT2D eigenvalue weighted by atomic mass is 15.1. The molecule has 2 aromatic carbocycles. The lowest BCUT2D eigenvalue weighted by Gasteiger charge is -2.08. The Kier molecular flexibility index (Phi) is 4.56. The van der Waals surface area contributed by atoms with Gasteiger partial charge in [-0.15, -0.1) is 10.2 Å². The fourth-order valence-electron chi connectivity index (χ4n) is 5.38. The van der Waals surface area contributed by atoms with Gasteiger partial charge in [0, 0.05) is 16.7 Å². The number of hydrogen-bond acceptors (Lipinski definition) is 2. The highest BCUT2D eigenvalue weighted by molar-refractivity contribution is 5.97. The van der Waals surface area contributed by atoms with Gasteiger partial charge in [-0.2, -0.15) is 0 Å². The first-order chi connectivity index (χ1) is 17.4. The quantitative estimate of drug-likeness (QED) is 0.241. The Hall–Kier alpha value is -4.56. The number of rotatable bonds is 3. The van der Waals surface area contributed by atoms with Crippen LogP contribution in [0.15, 0.2) is 132 Å². The van der Waals surface area contributed by atoms with Crippen LogP contribution in [-0.2, 0) is 6.42 Å². The van der Waals surface area contributed by atoms with E-state index in [-0.39, 0.29) is 0 Å². The highest BCUT2D eigenvalue weighted by Crippen LogP contribution is 2.49. The van der Waals surface area contributed by atoms with Crippen LogP contribution in [0.2, 0.25) is 0 Å². The van der Waals surface area contributed by atoms with Crippen LogP contribution in [0.5, 0.6) is 0 Å². The summed E-state index contributed by atoms with van der Waals surface area (Å²) in [5, 5.41) is 9.69. The minimum Gasteiger partial charge on any atom is -0.150 e. The fourth-order valence-corrected chi connectivity index (χ4v) is 5.38. The third-order valence-electron chi connectivity index (χ3n) is 7.05. The number of azo groups is 1. The van der Waals surface area contributed by atoms with Gasteiger partial charge in [-0.1, -0.05) is 109 Å². The first-order valence-corrected chi connectivity index (χ1v) is 12.0. The Morgan fingerprint density at radius 1 is 0.429 bits per heavy atom. The van der Waals surface area contributed by atoms with Gasteiger partial charge in [-0.3, -0.25) is 0 Å². The lowest BCUT2D eigenvalue weighted by molar-refractivity contribution is 1.24. The molecular formula is C33H22N2. The lowest BCUT2D eigenvalue weighted by atomic mass is 9.96. The molecule has 5 aliphatic carbocycles. The second-order valence-electron chi connectivity index (χ2n) is 9.05. The zero-order valence-electron chi connectivity index (χ0n) is 19.1. The summed E-state index contributed by atoms with van der Waals surface area (Å²) in [5.74, 6) is 0. The first kappa shape index (κ1) is 19.9. The molecule has 164 valence electrons. The summed E-state index contributed by atoms with van der Waals surface area (Å²) >= 11 is 0. The van der Waals surface area contributed by atoms with Gasteiger partial charge in [0.15, 0.2) is 0 Å². The Balaban J connectivity index is 1.41. The second-order valence-corrected chi connectivity index (χ2v) is 9.05. The van der Waals surface area contributed by atoms with Gasteiger partial charge in [0.25, 0.3) is 0 Å². The summed E-state index contributed by atoms with van der Waals surface area (Å²) in [6.45, 7) is 0. The third-order valence-corrected chi connectivity index (χ3v) is 7.05. The molecule has 0 bridgehead atoms. The molecule has 2 heteroatoms. The van der Waals surface area contributed by atoms with Gasteiger partial charge in [0.2, 0.25) is 0 Å². The monoisotopic (exact) mass is 446 g/mol. The molecule has 0 heterocycles. The molecule has 2 nitrogen and oxygen atoms in total. The largest absolute Gasteiger partial charge is 0.150 e. The van der Waals surface area contributed by atoms with Gasteiger partial charge in [-0.25, -0.2) is 0 Å². The van der Waals surface area contributed by atoms with Crippen LogP contribution in [0.3, 0.4) is 0 Å². The van der Waals surface area contributed by atoms with E-state index in [0.717, 1.165) is 34.5 Å². The first-order valence-electron chi connectivity index (χ1n) is 12.0. The van der Waals surface area contributed by atoms with Crippen LogP contribution < -0.4 is 0 Å². The predicted molar refractivity (Wildman–Crippen MR) is 144 cm³/mol. The summed E-state index contributed by atoms with van der Waals surface area (Å²) in [5.41, 5.74) is 14.2. The smallest absolute Gasteiger partial charge is 0.101 e. The van der Waals surface area contributed by atoms with Crippen LogP contribution in [-0.4, -0.2) is 0 Å². The molecule has 0 aromatic heterocycles. The summed E-state index contributed by atoms with van der Waals surface area (Å²) in [6.07, 6.45) is 0.942. The van der Waals surface area contributed by atoms with Crippen LogP contribution in [0.1, 0.15) is 11.1 Å². The van der Waals surface area contributed by atoms with Gasteiger partial charge in [-0.05, 0) is 57.5 Å². The number of hydrogen-bond donors (Lipinski definition) is 0. The SMILES string of the molecule is c1ccc2ccc(N=Nc3c4cccccc-4cc3-c3cccc4c3Cc3ccccc3-4)c-2cc1. The molecule has 7 rings (SSSR count). The molecule has 2 aromatic rings. The van der Waals surface area contributed by atoms with Crippen LogP contribution in [0.25, 0.3) is 44.5 Å². The second kappa shape index (κ2) is 8.03. The van der Waals surface area contributed by atoms with Gasteiger partial charge in [0.05, 0.1) is 5.69 Å². The van der Waals surface area contributed by atoms with E-state index >= 15 is 0 Å². The minimum atomic E-state index is 0.891. The van der Waals surface area contributed by atoms with E-state index in [1.807, 2.05) is 6.07 Å². The molecule has 5 aliphatic rings. The van der Waals surface area contributed by atoms with E-state index < -0.39 is 0 Å². The van der Waals surface area contributed by atoms with Gasteiger partial charge < -0.3 is 0 Å². The Bertz CT molecular complexity index is 1680. The molecule has 0 saturated heterocycles. The van der Waals surface area contributed by atoms with Crippen molar-refractivity contribution in [3.8, 4) is 44.5 Å². The molecule has 0 N–H and O–H groups in total. The number of benzene rings is 2. The van der Waals surface area contributed by atoms with Crippen molar-refractivity contribution in [2.24, 2.45) is 10.2 Å². The van der Waals surface area contributed by atoms with E-state index in [1.165, 1.54) is 38.9 Å². The third kappa shape index (κ3) is 3.26. The average molecular weight is 447 g/mol. The van der Waals surface area contributed by atoms with Crippen molar-refractivity contribution < 1.29 is 0 Å². The normalized spacial score (nSPS) is 12.3. The Morgan fingerprint density at radius 3 is 1.97 bits per heavy atom. The van der Waals surface area contributed by atoms with Crippen molar-refractivity contribution in [1.82, 2.24) is 0 Å². The van der Waals surface area contributed by atoms with E-state index in [4.69, 9.17) is 10.2 Å². The van der Waals surface area contributed by atoms with E-state index in [1.54, 1.807) is 0 Å². The van der Waals surface area contributed by atoms with Gasteiger partial charge >= 0.3 is 0 Å². The number of fused-ring (bicyclic) bond motifs is 5. The van der Waals surface area contributed by atoms with Crippen LogP contribution in [0, 0.1) is 0 Å². The maximum absolute atomic E-state index is 4.91. The molecule has 0 atom stereocenters. The van der Waals surface area contributed by atoms with Gasteiger partial charge in [0.1, 0.15) is 5.69 Å². The summed E-state index contributed by atoms with van der Waals surface area (Å²) < 4.78 is 0. The topological polar surface area (TPSA) is 24.7 Å². The zero-order chi connectivity index (χ0) is 23.2. The molecule has 35 heavy (non-hydrogen) atoms. The minimum absolute atomic E-state index is 0.891. The standard InChI is InChI=1S/C33H22N2/c1-3-10-22-18-19-32(26(22)14-5-1)34-35-33-27-15-6-2-4-11-24(27)21-31(33)29-17-9-16-28-25-13-8-7-12-23(25)20-30(28)29/h1-19,21H,20H2. The van der Waals surface area contributed by atoms with Crippen molar-refractivity contribution in [2.45, 2.75) is 6.42 Å². The van der Waals surface area contributed by atoms with Crippen molar-refractivity contribution in [3.05, 3.63) is 132 Å². The Morgan fingerprint density at radius 2 is 1.09 bits per heavy atom. The fraction of sp³-hybridized carbons (Fsp3) is 0.0303. The predicted octanol–water partition coefficient (Wildman–Crippen LogP) is 9.55. The van der Waals surface area contributed by atoms with Crippen molar-refractivity contribution in [1.29, 1.82) is 0 Å². The average Bonchev–Trinajstić information content (AvgIpc) is 3.42. The molecule has 0 aliphatic heterocycles. The maximum Gasteiger partial charge on any atom is 0.101 e. The molecule has 0 saturated carbocycles. The summed E-state index contributed by atoms with van der Waals surface area (Å²) in [6, 6.07) is 42.7. The Labute approximate surface area is 204 Å². The molecule has 0 unspecified atom stereocenters. The molecular weight excluding hydrogens is 424 g/mol. The van der Waals surface area contributed by atoms with Crippen LogP contribution >= 0.6 is 0 Å². The molecule has 0 amide bonds. The van der Waals surface area contributed by atoms with E-state index in [2.05, 4.69) is 115 Å².